The average Bonchev–Trinajstić information content (AvgIpc) is 1.68. The van der Waals surface area contributed by atoms with Gasteiger partial charge in [-0.2, -0.15) is 5.10 Å². The fraction of sp³-hybridized carbons (Fsp3) is 0.833. The normalized spacial score (nSPS) is 24.5. The summed E-state index contributed by atoms with van der Waals surface area (Å²) in [6.07, 6.45) is 0. The fourth-order valence-electron chi connectivity index (χ4n) is 0.662. The first-order valence-electron chi connectivity index (χ1n) is 2.84. The van der Waals surface area contributed by atoms with Crippen LogP contribution in [0.15, 0.2) is 5.10 Å². The standard InChI is InChI=1S/C6H12N2/c1-5-6(2,3)8(4)7-5/h1-4H3. The molecule has 2 heteroatoms. The third-order valence-corrected chi connectivity index (χ3v) is 1.99. The van der Waals surface area contributed by atoms with Crippen LogP contribution in [0.25, 0.3) is 0 Å². The molecule has 0 unspecified atom stereocenters. The van der Waals surface area contributed by atoms with E-state index in [1.54, 1.807) is 0 Å². The van der Waals surface area contributed by atoms with E-state index in [0.29, 0.717) is 0 Å². The van der Waals surface area contributed by atoms with E-state index in [4.69, 9.17) is 0 Å². The highest BCUT2D eigenvalue weighted by atomic mass is 15.5. The Hall–Kier alpha value is -0.530. The van der Waals surface area contributed by atoms with E-state index in [-0.39, 0.29) is 5.54 Å². The summed E-state index contributed by atoms with van der Waals surface area (Å²) < 4.78 is 0. The number of nitrogens with zero attached hydrogens (tertiary/aromatic N) is 2. The van der Waals surface area contributed by atoms with Crippen LogP contribution >= 0.6 is 0 Å². The largest absolute Gasteiger partial charge is 0.289 e. The molecule has 0 aromatic heterocycles. The molecule has 0 spiro atoms. The Labute approximate surface area is 50.2 Å². The van der Waals surface area contributed by atoms with Gasteiger partial charge in [-0.1, -0.05) is 0 Å². The number of hydrazone groups is 1. The third kappa shape index (κ3) is 0.457. The molecule has 2 nitrogen and oxygen atoms in total. The van der Waals surface area contributed by atoms with Gasteiger partial charge >= 0.3 is 0 Å². The Kier molecular flexibility index (Phi) is 0.872. The van der Waals surface area contributed by atoms with Crippen LogP contribution in [0.5, 0.6) is 0 Å². The zero-order valence-electron chi connectivity index (χ0n) is 5.89. The molecule has 0 aromatic rings. The zero-order valence-corrected chi connectivity index (χ0v) is 5.89. The van der Waals surface area contributed by atoms with Crippen molar-refractivity contribution in [3.63, 3.8) is 0 Å². The second-order valence-corrected chi connectivity index (χ2v) is 2.77. The molecular formula is C6H12N2. The molecule has 0 saturated carbocycles. The predicted octanol–water partition coefficient (Wildman–Crippen LogP) is 1.09. The molecule has 1 aliphatic heterocycles. The van der Waals surface area contributed by atoms with Crippen molar-refractivity contribution in [2.24, 2.45) is 5.10 Å². The van der Waals surface area contributed by atoms with Crippen molar-refractivity contribution in [2.45, 2.75) is 26.3 Å². The Balaban J connectivity index is 2.77. The van der Waals surface area contributed by atoms with Gasteiger partial charge in [-0.25, -0.2) is 0 Å². The van der Waals surface area contributed by atoms with Crippen LogP contribution in [-0.4, -0.2) is 23.3 Å². The summed E-state index contributed by atoms with van der Waals surface area (Å²) in [4.78, 5) is 0. The lowest BCUT2D eigenvalue weighted by Crippen LogP contribution is -2.52. The fourth-order valence-corrected chi connectivity index (χ4v) is 0.662. The summed E-state index contributed by atoms with van der Waals surface area (Å²) in [7, 11) is 1.99. The Morgan fingerprint density at radius 2 is 2.00 bits per heavy atom. The van der Waals surface area contributed by atoms with Gasteiger partial charge in [0.25, 0.3) is 0 Å². The van der Waals surface area contributed by atoms with Crippen molar-refractivity contribution in [3.05, 3.63) is 0 Å². The van der Waals surface area contributed by atoms with Crippen molar-refractivity contribution < 1.29 is 0 Å². The molecule has 1 heterocycles. The Morgan fingerprint density at radius 3 is 2.00 bits per heavy atom. The van der Waals surface area contributed by atoms with Gasteiger partial charge in [0.2, 0.25) is 0 Å². The Morgan fingerprint density at radius 1 is 1.50 bits per heavy atom. The van der Waals surface area contributed by atoms with Crippen LogP contribution in [-0.2, 0) is 0 Å². The summed E-state index contributed by atoms with van der Waals surface area (Å²) >= 11 is 0. The second-order valence-electron chi connectivity index (χ2n) is 2.77. The van der Waals surface area contributed by atoms with E-state index in [0.717, 1.165) is 0 Å². The predicted molar refractivity (Wildman–Crippen MR) is 35.0 cm³/mol. The molecular weight excluding hydrogens is 100 g/mol. The van der Waals surface area contributed by atoms with Gasteiger partial charge in [-0.3, -0.25) is 5.01 Å². The van der Waals surface area contributed by atoms with Gasteiger partial charge in [-0.05, 0) is 20.8 Å². The molecule has 0 amide bonds. The topological polar surface area (TPSA) is 15.6 Å². The van der Waals surface area contributed by atoms with Crippen LogP contribution < -0.4 is 0 Å². The van der Waals surface area contributed by atoms with Gasteiger partial charge < -0.3 is 0 Å². The molecule has 0 radical (unpaired) electrons. The average molecular weight is 112 g/mol. The van der Waals surface area contributed by atoms with Crippen molar-refractivity contribution in [1.29, 1.82) is 0 Å². The van der Waals surface area contributed by atoms with Crippen LogP contribution in [0.2, 0.25) is 0 Å². The van der Waals surface area contributed by atoms with E-state index in [9.17, 15) is 0 Å². The van der Waals surface area contributed by atoms with Crippen LogP contribution in [0.4, 0.5) is 0 Å². The van der Waals surface area contributed by atoms with Gasteiger partial charge in [0.05, 0.1) is 11.3 Å². The SMILES string of the molecule is CC1=NN(C)C1(C)C. The minimum atomic E-state index is 0.222. The van der Waals surface area contributed by atoms with E-state index < -0.39 is 0 Å². The molecule has 1 rings (SSSR count). The lowest BCUT2D eigenvalue weighted by Gasteiger charge is -2.42. The van der Waals surface area contributed by atoms with Crippen molar-refractivity contribution in [2.75, 3.05) is 7.05 Å². The van der Waals surface area contributed by atoms with Gasteiger partial charge in [0, 0.05) is 7.05 Å². The summed E-state index contributed by atoms with van der Waals surface area (Å²) in [5.41, 5.74) is 1.44. The maximum atomic E-state index is 4.12. The summed E-state index contributed by atoms with van der Waals surface area (Å²) in [6.45, 7) is 6.38. The molecule has 0 N–H and O–H groups in total. The smallest absolute Gasteiger partial charge is 0.0913 e. The lowest BCUT2D eigenvalue weighted by molar-refractivity contribution is 0.183. The minimum Gasteiger partial charge on any atom is -0.289 e. The zero-order chi connectivity index (χ0) is 6.36. The Bertz CT molecular complexity index is 135. The molecule has 1 aliphatic rings. The first-order valence-corrected chi connectivity index (χ1v) is 2.84. The summed E-state index contributed by atoms with van der Waals surface area (Å²) in [5.74, 6) is 0. The first-order chi connectivity index (χ1) is 3.55. The molecule has 0 aromatic carbocycles. The van der Waals surface area contributed by atoms with E-state index in [2.05, 4.69) is 25.9 Å². The van der Waals surface area contributed by atoms with Gasteiger partial charge in [0.1, 0.15) is 0 Å². The first kappa shape index (κ1) is 5.60. The molecule has 8 heavy (non-hydrogen) atoms. The van der Waals surface area contributed by atoms with E-state index >= 15 is 0 Å². The quantitative estimate of drug-likeness (QED) is 0.458. The van der Waals surface area contributed by atoms with Crippen molar-refractivity contribution in [3.8, 4) is 0 Å². The number of hydrogen-bond acceptors (Lipinski definition) is 2. The monoisotopic (exact) mass is 112 g/mol. The maximum Gasteiger partial charge on any atom is 0.0913 e. The highest BCUT2D eigenvalue weighted by Gasteiger charge is 2.33. The summed E-state index contributed by atoms with van der Waals surface area (Å²) in [5, 5.41) is 6.10. The molecule has 0 saturated heterocycles. The van der Waals surface area contributed by atoms with E-state index in [1.165, 1.54) is 5.71 Å². The number of hydrogen-bond donors (Lipinski definition) is 0. The molecule has 0 bridgehead atoms. The van der Waals surface area contributed by atoms with Crippen LogP contribution in [0.1, 0.15) is 20.8 Å². The second kappa shape index (κ2) is 1.24. The van der Waals surface area contributed by atoms with Gasteiger partial charge in [-0.15, -0.1) is 0 Å². The van der Waals surface area contributed by atoms with Crippen molar-refractivity contribution in [1.82, 2.24) is 5.01 Å². The third-order valence-electron chi connectivity index (χ3n) is 1.99. The summed E-state index contributed by atoms with van der Waals surface area (Å²) in [6, 6.07) is 0. The van der Waals surface area contributed by atoms with Gasteiger partial charge in [0.15, 0.2) is 0 Å². The van der Waals surface area contributed by atoms with Crippen LogP contribution in [0, 0.1) is 0 Å². The highest BCUT2D eigenvalue weighted by Crippen LogP contribution is 2.23. The number of rotatable bonds is 0. The molecule has 46 valence electrons. The molecule has 0 atom stereocenters. The minimum absolute atomic E-state index is 0.222. The molecule has 0 fully saturated rings. The molecule has 0 aliphatic carbocycles. The van der Waals surface area contributed by atoms with Crippen LogP contribution in [0.3, 0.4) is 0 Å². The highest BCUT2D eigenvalue weighted by molar-refractivity contribution is 5.93. The maximum absolute atomic E-state index is 4.12. The van der Waals surface area contributed by atoms with Crippen molar-refractivity contribution >= 4 is 5.71 Å². The lowest BCUT2D eigenvalue weighted by atomic mass is 9.96. The van der Waals surface area contributed by atoms with E-state index in [1.807, 2.05) is 12.1 Å².